The van der Waals surface area contributed by atoms with Crippen molar-refractivity contribution < 1.29 is 14.2 Å². The third-order valence-corrected chi connectivity index (χ3v) is 6.14. The minimum absolute atomic E-state index is 0.318. The van der Waals surface area contributed by atoms with Crippen LogP contribution in [0.2, 0.25) is 0 Å². The maximum atomic E-state index is 6.07. The predicted molar refractivity (Wildman–Crippen MR) is 129 cm³/mol. The summed E-state index contributed by atoms with van der Waals surface area (Å²) in [6, 6.07) is 9.09. The molecule has 0 bridgehead atoms. The van der Waals surface area contributed by atoms with Gasteiger partial charge >= 0.3 is 0 Å². The van der Waals surface area contributed by atoms with Gasteiger partial charge in [0.2, 0.25) is 0 Å². The molecule has 32 heavy (non-hydrogen) atoms. The van der Waals surface area contributed by atoms with Gasteiger partial charge in [-0.1, -0.05) is 38.1 Å². The van der Waals surface area contributed by atoms with Gasteiger partial charge in [0, 0.05) is 52.5 Å². The van der Waals surface area contributed by atoms with Crippen molar-refractivity contribution in [1.29, 1.82) is 0 Å². The third-order valence-electron chi connectivity index (χ3n) is 6.14. The summed E-state index contributed by atoms with van der Waals surface area (Å²) in [6.07, 6.45) is 3.47. The van der Waals surface area contributed by atoms with Crippen molar-refractivity contribution >= 4 is 5.96 Å². The second-order valence-electron chi connectivity index (χ2n) is 9.18. The average Bonchev–Trinajstić information content (AvgIpc) is 2.83. The second-order valence-corrected chi connectivity index (χ2v) is 9.18. The van der Waals surface area contributed by atoms with E-state index in [2.05, 4.69) is 58.6 Å². The zero-order valence-corrected chi connectivity index (χ0v) is 20.1. The highest BCUT2D eigenvalue weighted by atomic mass is 16.5. The molecule has 2 N–H and O–H groups in total. The van der Waals surface area contributed by atoms with Crippen LogP contribution in [0.3, 0.4) is 0 Å². The Morgan fingerprint density at radius 1 is 1.09 bits per heavy atom. The minimum Gasteiger partial charge on any atom is -0.381 e. The van der Waals surface area contributed by atoms with Crippen molar-refractivity contribution in [2.45, 2.75) is 58.4 Å². The van der Waals surface area contributed by atoms with Crippen LogP contribution < -0.4 is 10.6 Å². The standard InChI is InChI=1S/C25H42N4O3/c1-20(2)15-23(29-9-13-31-14-10-29)18-28-25(26-3)27-17-21-5-4-6-22(16-21)19-32-24-7-11-30-12-8-24/h4-6,16,20,23-24H,7-15,17-19H2,1-3H3,(H2,26,27,28). The van der Waals surface area contributed by atoms with Gasteiger partial charge in [-0.25, -0.2) is 0 Å². The molecule has 0 aromatic heterocycles. The molecule has 0 aliphatic carbocycles. The van der Waals surface area contributed by atoms with E-state index in [0.717, 1.165) is 71.4 Å². The molecule has 0 saturated carbocycles. The zero-order valence-electron chi connectivity index (χ0n) is 20.1. The molecule has 2 aliphatic heterocycles. The normalized spacial score (nSPS) is 19.8. The highest BCUT2D eigenvalue weighted by Crippen LogP contribution is 2.15. The van der Waals surface area contributed by atoms with Gasteiger partial charge in [-0.15, -0.1) is 0 Å². The average molecular weight is 447 g/mol. The number of aliphatic imine (C=N–C) groups is 1. The number of benzene rings is 1. The molecule has 7 nitrogen and oxygen atoms in total. The van der Waals surface area contributed by atoms with E-state index in [1.54, 1.807) is 0 Å². The molecule has 1 aromatic carbocycles. The molecule has 2 heterocycles. The Balaban J connectivity index is 1.45. The Morgan fingerprint density at radius 2 is 1.81 bits per heavy atom. The van der Waals surface area contributed by atoms with E-state index in [1.165, 1.54) is 17.5 Å². The number of nitrogens with zero attached hydrogens (tertiary/aromatic N) is 2. The van der Waals surface area contributed by atoms with Gasteiger partial charge in [-0.2, -0.15) is 0 Å². The van der Waals surface area contributed by atoms with Gasteiger partial charge in [0.1, 0.15) is 0 Å². The topological polar surface area (TPSA) is 67.4 Å². The Labute approximate surface area is 193 Å². The molecule has 0 radical (unpaired) electrons. The number of guanidine groups is 1. The fraction of sp³-hybridized carbons (Fsp3) is 0.720. The van der Waals surface area contributed by atoms with Crippen molar-refractivity contribution in [1.82, 2.24) is 15.5 Å². The van der Waals surface area contributed by atoms with Crippen LogP contribution in [0.1, 0.15) is 44.2 Å². The molecular weight excluding hydrogens is 404 g/mol. The van der Waals surface area contributed by atoms with Crippen LogP contribution in [0.15, 0.2) is 29.3 Å². The van der Waals surface area contributed by atoms with Gasteiger partial charge in [0.25, 0.3) is 0 Å². The summed E-state index contributed by atoms with van der Waals surface area (Å²) >= 11 is 0. The van der Waals surface area contributed by atoms with Gasteiger partial charge < -0.3 is 24.8 Å². The first-order valence-corrected chi connectivity index (χ1v) is 12.2. The molecule has 2 aliphatic rings. The van der Waals surface area contributed by atoms with E-state index in [0.29, 0.717) is 24.7 Å². The van der Waals surface area contributed by atoms with Crippen LogP contribution in [0.25, 0.3) is 0 Å². The molecule has 180 valence electrons. The Hall–Kier alpha value is -1.67. The van der Waals surface area contributed by atoms with Crippen LogP contribution in [0, 0.1) is 5.92 Å². The summed E-state index contributed by atoms with van der Waals surface area (Å²) < 4.78 is 17.0. The van der Waals surface area contributed by atoms with Crippen LogP contribution in [0.5, 0.6) is 0 Å². The molecule has 2 saturated heterocycles. The van der Waals surface area contributed by atoms with Crippen LogP contribution in [-0.4, -0.2) is 76.1 Å². The summed E-state index contributed by atoms with van der Waals surface area (Å²) in [5.41, 5.74) is 2.44. The lowest BCUT2D eigenvalue weighted by Crippen LogP contribution is -2.50. The lowest BCUT2D eigenvalue weighted by molar-refractivity contribution is -0.0390. The van der Waals surface area contributed by atoms with Crippen molar-refractivity contribution in [3.05, 3.63) is 35.4 Å². The Kier molecular flexibility index (Phi) is 10.8. The van der Waals surface area contributed by atoms with E-state index in [9.17, 15) is 0 Å². The van der Waals surface area contributed by atoms with E-state index in [1.807, 2.05) is 7.05 Å². The largest absolute Gasteiger partial charge is 0.381 e. The second kappa shape index (κ2) is 13.8. The van der Waals surface area contributed by atoms with Gasteiger partial charge in [-0.05, 0) is 36.3 Å². The summed E-state index contributed by atoms with van der Waals surface area (Å²) in [4.78, 5) is 6.98. The number of hydrogen-bond acceptors (Lipinski definition) is 5. The van der Waals surface area contributed by atoms with E-state index in [-0.39, 0.29) is 0 Å². The molecule has 0 amide bonds. The summed E-state index contributed by atoms with van der Waals surface area (Å²) in [5, 5.41) is 7.01. The van der Waals surface area contributed by atoms with Gasteiger partial charge in [-0.3, -0.25) is 9.89 Å². The van der Waals surface area contributed by atoms with Crippen molar-refractivity contribution in [3.63, 3.8) is 0 Å². The highest BCUT2D eigenvalue weighted by molar-refractivity contribution is 5.79. The van der Waals surface area contributed by atoms with Crippen LogP contribution >= 0.6 is 0 Å². The summed E-state index contributed by atoms with van der Waals surface area (Å²) in [6.45, 7) is 12.1. The molecule has 1 unspecified atom stereocenters. The molecule has 2 fully saturated rings. The van der Waals surface area contributed by atoms with E-state index >= 15 is 0 Å². The monoisotopic (exact) mass is 446 g/mol. The number of morpholine rings is 1. The van der Waals surface area contributed by atoms with Crippen LogP contribution in [-0.2, 0) is 27.4 Å². The van der Waals surface area contributed by atoms with Gasteiger partial charge in [0.15, 0.2) is 5.96 Å². The van der Waals surface area contributed by atoms with E-state index < -0.39 is 0 Å². The predicted octanol–water partition coefficient (Wildman–Crippen LogP) is 2.79. The van der Waals surface area contributed by atoms with Crippen LogP contribution in [0.4, 0.5) is 0 Å². The highest BCUT2D eigenvalue weighted by Gasteiger charge is 2.22. The molecule has 0 spiro atoms. The fourth-order valence-electron chi connectivity index (χ4n) is 4.36. The molecular formula is C25H42N4O3. The first-order chi connectivity index (χ1) is 15.6. The number of nitrogens with one attached hydrogen (secondary N) is 2. The first kappa shape index (κ1) is 25.0. The zero-order chi connectivity index (χ0) is 22.6. The molecule has 1 atom stereocenters. The SMILES string of the molecule is CN=C(NCc1cccc(COC2CCOCC2)c1)NCC(CC(C)C)N1CCOCC1. The van der Waals surface area contributed by atoms with Gasteiger partial charge in [0.05, 0.1) is 25.9 Å². The molecule has 3 rings (SSSR count). The fourth-order valence-corrected chi connectivity index (χ4v) is 4.36. The van der Waals surface area contributed by atoms with Crippen molar-refractivity contribution in [2.24, 2.45) is 10.9 Å². The smallest absolute Gasteiger partial charge is 0.191 e. The summed E-state index contributed by atoms with van der Waals surface area (Å²) in [7, 11) is 1.83. The maximum Gasteiger partial charge on any atom is 0.191 e. The van der Waals surface area contributed by atoms with Crippen molar-refractivity contribution in [2.75, 3.05) is 53.1 Å². The first-order valence-electron chi connectivity index (χ1n) is 12.2. The molecule has 7 heteroatoms. The van der Waals surface area contributed by atoms with E-state index in [4.69, 9.17) is 14.2 Å². The summed E-state index contributed by atoms with van der Waals surface area (Å²) in [5.74, 6) is 1.50. The Morgan fingerprint density at radius 3 is 2.53 bits per heavy atom. The minimum atomic E-state index is 0.318. The molecule has 1 aromatic rings. The number of rotatable bonds is 10. The number of ether oxygens (including phenoxy) is 3. The lowest BCUT2D eigenvalue weighted by atomic mass is 10.0. The Bertz CT molecular complexity index is 686. The quantitative estimate of drug-likeness (QED) is 0.426. The lowest BCUT2D eigenvalue weighted by Gasteiger charge is -2.35. The third kappa shape index (κ3) is 8.70. The maximum absolute atomic E-state index is 6.07. The van der Waals surface area contributed by atoms with Crippen molar-refractivity contribution in [3.8, 4) is 0 Å². The number of hydrogen-bond donors (Lipinski definition) is 2.